The van der Waals surface area contributed by atoms with E-state index in [2.05, 4.69) is 34.6 Å². The van der Waals surface area contributed by atoms with Crippen LogP contribution in [0.25, 0.3) is 5.65 Å². The smallest absolute Gasteiger partial charge is 0.220 e. The Kier molecular flexibility index (Phi) is 4.99. The highest BCUT2D eigenvalue weighted by atomic mass is 16.1. The molecule has 1 aliphatic rings. The molecule has 1 N–H and O–H groups in total. The van der Waals surface area contributed by atoms with Gasteiger partial charge in [-0.2, -0.15) is 0 Å². The molecule has 0 radical (unpaired) electrons. The fourth-order valence-corrected chi connectivity index (χ4v) is 3.71. The number of aryl methyl sites for hydroxylation is 1. The maximum absolute atomic E-state index is 12.2. The van der Waals surface area contributed by atoms with Crippen LogP contribution in [-0.4, -0.2) is 15.3 Å². The van der Waals surface area contributed by atoms with E-state index in [1.165, 1.54) is 32.1 Å². The summed E-state index contributed by atoms with van der Waals surface area (Å²) in [7, 11) is 0. The quantitative estimate of drug-likeness (QED) is 0.911. The minimum absolute atomic E-state index is 0.150. The van der Waals surface area contributed by atoms with E-state index in [1.54, 1.807) is 0 Å². The predicted molar refractivity (Wildman–Crippen MR) is 92.1 cm³/mol. The van der Waals surface area contributed by atoms with Gasteiger partial charge in [-0.1, -0.05) is 45.1 Å². The number of carbonyl (C=O) groups excluding carboxylic acids is 1. The van der Waals surface area contributed by atoms with Gasteiger partial charge in [-0.15, -0.1) is 0 Å². The van der Waals surface area contributed by atoms with Crippen LogP contribution in [0.5, 0.6) is 0 Å². The summed E-state index contributed by atoms with van der Waals surface area (Å²) in [5.41, 5.74) is 3.00. The minimum Gasteiger partial charge on any atom is -0.350 e. The second kappa shape index (κ2) is 7.16. The molecule has 1 aliphatic carbocycles. The summed E-state index contributed by atoms with van der Waals surface area (Å²) in [6.07, 6.45) is 9.25. The van der Waals surface area contributed by atoms with Crippen molar-refractivity contribution in [3.05, 3.63) is 35.8 Å². The molecule has 2 heterocycles. The van der Waals surface area contributed by atoms with Crippen LogP contribution in [0.2, 0.25) is 0 Å². The Bertz CT molecular complexity index is 670. The van der Waals surface area contributed by atoms with Gasteiger partial charge in [0.2, 0.25) is 5.91 Å². The van der Waals surface area contributed by atoms with Crippen molar-refractivity contribution in [3.8, 4) is 0 Å². The molecule has 1 atom stereocenters. The summed E-state index contributed by atoms with van der Waals surface area (Å²) >= 11 is 0. The van der Waals surface area contributed by atoms with Gasteiger partial charge in [0.1, 0.15) is 5.65 Å². The van der Waals surface area contributed by atoms with Gasteiger partial charge in [0.25, 0.3) is 0 Å². The monoisotopic (exact) mass is 313 g/mol. The second-order valence-electron chi connectivity index (χ2n) is 6.98. The Morgan fingerprint density at radius 2 is 2.13 bits per heavy atom. The third-order valence-electron chi connectivity index (χ3n) is 5.17. The molecular formula is C19H27N3O. The third kappa shape index (κ3) is 3.92. The lowest BCUT2D eigenvalue weighted by molar-refractivity contribution is -0.122. The van der Waals surface area contributed by atoms with Gasteiger partial charge in [-0.05, 0) is 30.9 Å². The normalized spacial score (nSPS) is 17.3. The Labute approximate surface area is 138 Å². The molecule has 0 aliphatic heterocycles. The summed E-state index contributed by atoms with van der Waals surface area (Å²) in [5.74, 6) is 1.36. The highest BCUT2D eigenvalue weighted by Gasteiger charge is 2.22. The summed E-state index contributed by atoms with van der Waals surface area (Å²) in [6.45, 7) is 4.80. The molecule has 1 unspecified atom stereocenters. The molecule has 0 bridgehead atoms. The topological polar surface area (TPSA) is 46.4 Å². The van der Waals surface area contributed by atoms with Crippen molar-refractivity contribution >= 4 is 11.6 Å². The van der Waals surface area contributed by atoms with Crippen molar-refractivity contribution in [3.63, 3.8) is 0 Å². The van der Waals surface area contributed by atoms with Crippen LogP contribution in [0.3, 0.4) is 0 Å². The lowest BCUT2D eigenvalue weighted by Crippen LogP contribution is -2.27. The number of imidazole rings is 1. The fraction of sp³-hybridized carbons (Fsp3) is 0.579. The summed E-state index contributed by atoms with van der Waals surface area (Å²) in [6, 6.07) is 6.05. The fourth-order valence-electron chi connectivity index (χ4n) is 3.71. The second-order valence-corrected chi connectivity index (χ2v) is 6.98. The van der Waals surface area contributed by atoms with Crippen LogP contribution >= 0.6 is 0 Å². The first kappa shape index (κ1) is 16.0. The number of nitrogens with zero attached hydrogens (tertiary/aromatic N) is 2. The Hall–Kier alpha value is -1.84. The van der Waals surface area contributed by atoms with Gasteiger partial charge in [-0.3, -0.25) is 4.79 Å². The molecule has 23 heavy (non-hydrogen) atoms. The Morgan fingerprint density at radius 1 is 1.35 bits per heavy atom. The van der Waals surface area contributed by atoms with E-state index in [0.29, 0.717) is 18.9 Å². The number of fused-ring (bicyclic) bond motifs is 1. The van der Waals surface area contributed by atoms with Gasteiger partial charge in [0.15, 0.2) is 0 Å². The number of hydrogen-bond acceptors (Lipinski definition) is 2. The van der Waals surface area contributed by atoms with Gasteiger partial charge in [0.05, 0.1) is 12.2 Å². The molecule has 1 saturated carbocycles. The average Bonchev–Trinajstić information content (AvgIpc) is 2.98. The molecule has 2 aromatic rings. The number of carbonyl (C=O) groups is 1. The molecule has 1 fully saturated rings. The lowest BCUT2D eigenvalue weighted by Gasteiger charge is -2.27. The van der Waals surface area contributed by atoms with Crippen LogP contribution < -0.4 is 5.32 Å². The number of amides is 1. The van der Waals surface area contributed by atoms with Crippen molar-refractivity contribution in [1.29, 1.82) is 0 Å². The van der Waals surface area contributed by atoms with Crippen molar-refractivity contribution in [1.82, 2.24) is 14.7 Å². The van der Waals surface area contributed by atoms with Gasteiger partial charge in [-0.25, -0.2) is 4.98 Å². The number of aromatic nitrogens is 2. The van der Waals surface area contributed by atoms with E-state index in [4.69, 9.17) is 0 Å². The minimum atomic E-state index is 0.150. The number of hydrogen-bond donors (Lipinski definition) is 1. The van der Waals surface area contributed by atoms with E-state index in [-0.39, 0.29) is 5.91 Å². The van der Waals surface area contributed by atoms with Crippen LogP contribution in [0, 0.1) is 18.8 Å². The van der Waals surface area contributed by atoms with E-state index in [1.807, 2.05) is 18.3 Å². The van der Waals surface area contributed by atoms with Gasteiger partial charge >= 0.3 is 0 Å². The van der Waals surface area contributed by atoms with Crippen LogP contribution in [0.1, 0.15) is 56.8 Å². The molecular weight excluding hydrogens is 286 g/mol. The highest BCUT2D eigenvalue weighted by Crippen LogP contribution is 2.31. The van der Waals surface area contributed by atoms with Crippen LogP contribution in [0.15, 0.2) is 24.4 Å². The zero-order chi connectivity index (χ0) is 16.2. The van der Waals surface area contributed by atoms with Crippen molar-refractivity contribution < 1.29 is 4.79 Å². The SMILES string of the molecule is Cc1cccc2nc(CNC(=O)CC(C)C3CCCCC3)cn12. The zero-order valence-corrected chi connectivity index (χ0v) is 14.2. The number of nitrogens with one attached hydrogen (secondary N) is 1. The van der Waals surface area contributed by atoms with Crippen molar-refractivity contribution in [2.75, 3.05) is 0 Å². The first-order valence-electron chi connectivity index (χ1n) is 8.84. The molecule has 0 aromatic carbocycles. The molecule has 0 saturated heterocycles. The highest BCUT2D eigenvalue weighted by molar-refractivity contribution is 5.76. The van der Waals surface area contributed by atoms with E-state index < -0.39 is 0 Å². The van der Waals surface area contributed by atoms with Crippen LogP contribution in [-0.2, 0) is 11.3 Å². The Balaban J connectivity index is 1.52. The molecule has 124 valence electrons. The molecule has 4 nitrogen and oxygen atoms in total. The molecule has 2 aromatic heterocycles. The van der Waals surface area contributed by atoms with Gasteiger partial charge < -0.3 is 9.72 Å². The van der Waals surface area contributed by atoms with Crippen LogP contribution in [0.4, 0.5) is 0 Å². The summed E-state index contributed by atoms with van der Waals surface area (Å²) in [4.78, 5) is 16.8. The van der Waals surface area contributed by atoms with E-state index in [0.717, 1.165) is 23.0 Å². The lowest BCUT2D eigenvalue weighted by atomic mass is 9.79. The van der Waals surface area contributed by atoms with E-state index in [9.17, 15) is 4.79 Å². The first-order valence-corrected chi connectivity index (χ1v) is 8.84. The maximum Gasteiger partial charge on any atom is 0.220 e. The van der Waals surface area contributed by atoms with Crippen molar-refractivity contribution in [2.45, 2.75) is 58.9 Å². The maximum atomic E-state index is 12.2. The molecule has 4 heteroatoms. The average molecular weight is 313 g/mol. The van der Waals surface area contributed by atoms with Gasteiger partial charge in [0, 0.05) is 18.3 Å². The predicted octanol–water partition coefficient (Wildman–Crippen LogP) is 3.87. The standard InChI is InChI=1S/C19H27N3O/c1-14(16-8-4-3-5-9-16)11-19(23)20-12-17-13-22-15(2)7-6-10-18(22)21-17/h6-7,10,13-14,16H,3-5,8-9,11-12H2,1-2H3,(H,20,23). The molecule has 1 amide bonds. The number of pyridine rings is 1. The molecule has 3 rings (SSSR count). The number of rotatable bonds is 5. The largest absolute Gasteiger partial charge is 0.350 e. The Morgan fingerprint density at radius 3 is 2.87 bits per heavy atom. The van der Waals surface area contributed by atoms with E-state index >= 15 is 0 Å². The zero-order valence-electron chi connectivity index (χ0n) is 14.2. The molecule has 0 spiro atoms. The van der Waals surface area contributed by atoms with Crippen molar-refractivity contribution in [2.24, 2.45) is 11.8 Å². The summed E-state index contributed by atoms with van der Waals surface area (Å²) in [5, 5.41) is 3.03. The third-order valence-corrected chi connectivity index (χ3v) is 5.17. The summed E-state index contributed by atoms with van der Waals surface area (Å²) < 4.78 is 2.06. The first-order chi connectivity index (χ1) is 11.1.